The lowest BCUT2D eigenvalue weighted by Gasteiger charge is -2.33. The van der Waals surface area contributed by atoms with Gasteiger partial charge in [0.1, 0.15) is 0 Å². The summed E-state index contributed by atoms with van der Waals surface area (Å²) in [7, 11) is 2.04. The van der Waals surface area contributed by atoms with Crippen molar-refractivity contribution in [2.24, 2.45) is 7.05 Å². The van der Waals surface area contributed by atoms with Crippen LogP contribution in [0.25, 0.3) is 0 Å². The number of fused-ring (bicyclic) bond motifs is 1. The van der Waals surface area contributed by atoms with Gasteiger partial charge >= 0.3 is 0 Å². The lowest BCUT2D eigenvalue weighted by molar-refractivity contribution is -0.0110. The van der Waals surface area contributed by atoms with Gasteiger partial charge in [-0.15, -0.1) is 0 Å². The maximum Gasteiger partial charge on any atom is 0.0643 e. The van der Waals surface area contributed by atoms with Gasteiger partial charge in [0.2, 0.25) is 0 Å². The summed E-state index contributed by atoms with van der Waals surface area (Å²) in [5, 5.41) is 7.99. The van der Waals surface area contributed by atoms with Crippen molar-refractivity contribution in [3.8, 4) is 0 Å². The van der Waals surface area contributed by atoms with E-state index in [1.807, 2.05) is 17.9 Å². The van der Waals surface area contributed by atoms with Gasteiger partial charge in [0.15, 0.2) is 0 Å². The van der Waals surface area contributed by atoms with E-state index in [1.165, 1.54) is 30.5 Å². The molecular formula is C11H17N3O. The van der Waals surface area contributed by atoms with E-state index in [4.69, 9.17) is 4.74 Å². The molecule has 1 unspecified atom stereocenters. The summed E-state index contributed by atoms with van der Waals surface area (Å²) in [5.74, 6) is 0. The van der Waals surface area contributed by atoms with Gasteiger partial charge in [-0.3, -0.25) is 4.68 Å². The number of nitrogens with zero attached hydrogens (tertiary/aromatic N) is 2. The number of nitrogens with one attached hydrogen (secondary N) is 1. The number of ether oxygens (including phenoxy) is 1. The highest BCUT2D eigenvalue weighted by atomic mass is 16.5. The van der Waals surface area contributed by atoms with Gasteiger partial charge in [-0.05, 0) is 19.3 Å². The highest BCUT2D eigenvalue weighted by molar-refractivity contribution is 5.24. The third-order valence-electron chi connectivity index (χ3n) is 3.45. The van der Waals surface area contributed by atoms with E-state index in [-0.39, 0.29) is 0 Å². The molecule has 0 spiro atoms. The maximum absolute atomic E-state index is 5.19. The molecule has 0 radical (unpaired) electrons. The Balaban J connectivity index is 1.79. The Kier molecular flexibility index (Phi) is 2.25. The van der Waals surface area contributed by atoms with Crippen LogP contribution in [-0.4, -0.2) is 29.0 Å². The van der Waals surface area contributed by atoms with E-state index in [0.29, 0.717) is 12.1 Å². The minimum absolute atomic E-state index is 0.497. The Morgan fingerprint density at radius 1 is 1.53 bits per heavy atom. The predicted octanol–water partition coefficient (Wildman–Crippen LogP) is 0.786. The van der Waals surface area contributed by atoms with Crippen molar-refractivity contribution >= 4 is 0 Å². The van der Waals surface area contributed by atoms with Crippen LogP contribution in [0.2, 0.25) is 0 Å². The standard InChI is InChI=1S/C11H17N3O/c1-14-11-4-2-3-10(9(11)5-12-14)13-8-6-15-7-8/h5,8,10,13H,2-4,6-7H2,1H3. The van der Waals surface area contributed by atoms with Crippen LogP contribution in [0.3, 0.4) is 0 Å². The Hall–Kier alpha value is -0.870. The fourth-order valence-corrected chi connectivity index (χ4v) is 2.50. The van der Waals surface area contributed by atoms with Crippen LogP contribution in [0.15, 0.2) is 6.20 Å². The maximum atomic E-state index is 5.19. The Morgan fingerprint density at radius 2 is 2.40 bits per heavy atom. The molecule has 1 atom stereocenters. The molecule has 1 aromatic heterocycles. The van der Waals surface area contributed by atoms with Gasteiger partial charge in [0.25, 0.3) is 0 Å². The van der Waals surface area contributed by atoms with Crippen LogP contribution < -0.4 is 5.32 Å². The van der Waals surface area contributed by atoms with Crippen molar-refractivity contribution in [2.45, 2.75) is 31.3 Å². The van der Waals surface area contributed by atoms with Crippen molar-refractivity contribution in [1.29, 1.82) is 0 Å². The Morgan fingerprint density at radius 3 is 3.13 bits per heavy atom. The molecule has 0 amide bonds. The quantitative estimate of drug-likeness (QED) is 0.779. The minimum Gasteiger partial charge on any atom is -0.378 e. The van der Waals surface area contributed by atoms with Crippen LogP contribution >= 0.6 is 0 Å². The third kappa shape index (κ3) is 1.58. The third-order valence-corrected chi connectivity index (χ3v) is 3.45. The predicted molar refractivity (Wildman–Crippen MR) is 56.6 cm³/mol. The van der Waals surface area contributed by atoms with Gasteiger partial charge in [-0.2, -0.15) is 5.10 Å². The van der Waals surface area contributed by atoms with Crippen molar-refractivity contribution in [3.05, 3.63) is 17.5 Å². The molecule has 1 aliphatic carbocycles. The summed E-state index contributed by atoms with van der Waals surface area (Å²) in [6, 6.07) is 1.05. The van der Waals surface area contributed by atoms with E-state index < -0.39 is 0 Å². The molecule has 82 valence electrons. The Bertz CT molecular complexity index is 357. The zero-order chi connectivity index (χ0) is 10.3. The zero-order valence-electron chi connectivity index (χ0n) is 9.07. The first-order valence-corrected chi connectivity index (χ1v) is 5.69. The largest absolute Gasteiger partial charge is 0.378 e. The number of hydrogen-bond acceptors (Lipinski definition) is 3. The summed E-state index contributed by atoms with van der Waals surface area (Å²) in [6.45, 7) is 1.73. The fraction of sp³-hybridized carbons (Fsp3) is 0.727. The topological polar surface area (TPSA) is 39.1 Å². The number of hydrogen-bond donors (Lipinski definition) is 1. The second-order valence-electron chi connectivity index (χ2n) is 4.52. The van der Waals surface area contributed by atoms with Crippen molar-refractivity contribution < 1.29 is 4.74 Å². The fourth-order valence-electron chi connectivity index (χ4n) is 2.50. The molecule has 1 aromatic rings. The lowest BCUT2D eigenvalue weighted by atomic mass is 9.92. The van der Waals surface area contributed by atoms with Gasteiger partial charge < -0.3 is 10.1 Å². The van der Waals surface area contributed by atoms with E-state index in [2.05, 4.69) is 10.4 Å². The van der Waals surface area contributed by atoms with Crippen LogP contribution in [-0.2, 0) is 18.2 Å². The second kappa shape index (κ2) is 3.61. The molecule has 4 heteroatoms. The molecule has 15 heavy (non-hydrogen) atoms. The van der Waals surface area contributed by atoms with Crippen molar-refractivity contribution in [2.75, 3.05) is 13.2 Å². The number of aryl methyl sites for hydroxylation is 1. The second-order valence-corrected chi connectivity index (χ2v) is 4.52. The lowest BCUT2D eigenvalue weighted by Crippen LogP contribution is -2.47. The molecule has 1 N–H and O–H groups in total. The van der Waals surface area contributed by atoms with E-state index in [9.17, 15) is 0 Å². The van der Waals surface area contributed by atoms with Crippen LogP contribution in [0.5, 0.6) is 0 Å². The van der Waals surface area contributed by atoms with Crippen molar-refractivity contribution in [3.63, 3.8) is 0 Å². The van der Waals surface area contributed by atoms with E-state index in [1.54, 1.807) is 0 Å². The number of rotatable bonds is 2. The molecule has 4 nitrogen and oxygen atoms in total. The summed E-state index contributed by atoms with van der Waals surface area (Å²) >= 11 is 0. The van der Waals surface area contributed by atoms with Gasteiger partial charge in [0, 0.05) is 24.3 Å². The summed E-state index contributed by atoms with van der Waals surface area (Å²) in [6.07, 6.45) is 5.68. The molecule has 2 heterocycles. The molecular weight excluding hydrogens is 190 g/mol. The Labute approximate surface area is 89.6 Å². The normalized spacial score (nSPS) is 26.1. The average Bonchev–Trinajstić information content (AvgIpc) is 2.55. The number of aromatic nitrogens is 2. The molecule has 0 aromatic carbocycles. The monoisotopic (exact) mass is 207 g/mol. The molecule has 3 rings (SSSR count). The first-order chi connectivity index (χ1) is 7.34. The van der Waals surface area contributed by atoms with Gasteiger partial charge in [0.05, 0.1) is 25.5 Å². The van der Waals surface area contributed by atoms with Crippen LogP contribution in [0, 0.1) is 0 Å². The molecule has 2 aliphatic rings. The minimum atomic E-state index is 0.497. The first kappa shape index (κ1) is 9.36. The molecule has 1 fully saturated rings. The zero-order valence-corrected chi connectivity index (χ0v) is 9.07. The van der Waals surface area contributed by atoms with Crippen molar-refractivity contribution in [1.82, 2.24) is 15.1 Å². The average molecular weight is 207 g/mol. The smallest absolute Gasteiger partial charge is 0.0643 e. The van der Waals surface area contributed by atoms with Crippen LogP contribution in [0.1, 0.15) is 30.1 Å². The summed E-state index contributed by atoms with van der Waals surface area (Å²) in [4.78, 5) is 0. The molecule has 1 saturated heterocycles. The molecule has 0 saturated carbocycles. The SMILES string of the molecule is Cn1ncc2c1CCCC2NC1COC1. The molecule has 1 aliphatic heterocycles. The highest BCUT2D eigenvalue weighted by Crippen LogP contribution is 2.29. The van der Waals surface area contributed by atoms with Gasteiger partial charge in [-0.1, -0.05) is 0 Å². The highest BCUT2D eigenvalue weighted by Gasteiger charge is 2.27. The van der Waals surface area contributed by atoms with Gasteiger partial charge in [-0.25, -0.2) is 0 Å². The molecule has 0 bridgehead atoms. The van der Waals surface area contributed by atoms with E-state index >= 15 is 0 Å². The summed E-state index contributed by atoms with van der Waals surface area (Å²) in [5.41, 5.74) is 2.80. The van der Waals surface area contributed by atoms with E-state index in [0.717, 1.165) is 13.2 Å². The van der Waals surface area contributed by atoms with Crippen LogP contribution in [0.4, 0.5) is 0 Å². The first-order valence-electron chi connectivity index (χ1n) is 5.69. The summed E-state index contributed by atoms with van der Waals surface area (Å²) < 4.78 is 7.20.